The monoisotopic (exact) mass is 205 g/mol. The van der Waals surface area contributed by atoms with Crippen LogP contribution < -0.4 is 0 Å². The molecule has 1 aliphatic heterocycles. The highest BCUT2D eigenvalue weighted by molar-refractivity contribution is 6.58. The number of nitrogens with zero attached hydrogens (tertiary/aromatic N) is 2. The van der Waals surface area contributed by atoms with E-state index in [0.29, 0.717) is 13.0 Å². The molecule has 0 aromatic carbocycles. The Kier molecular flexibility index (Phi) is 3.82. The Morgan fingerprint density at radius 1 is 1.36 bits per heavy atom. The molecule has 0 spiro atoms. The van der Waals surface area contributed by atoms with E-state index >= 15 is 0 Å². The summed E-state index contributed by atoms with van der Waals surface area (Å²) in [5, 5.41) is 8.72. The standard InChI is InChI=1S/C8H13BF3N2/c10-9(11,12)4-6-14-5-2-1-3-8(14)7-13/h8H,1-6H2/q-1. The molecule has 80 valence electrons. The second-order valence-corrected chi connectivity index (χ2v) is 3.68. The van der Waals surface area contributed by atoms with Gasteiger partial charge in [-0.1, -0.05) is 6.32 Å². The van der Waals surface area contributed by atoms with Crippen LogP contribution in [0.3, 0.4) is 0 Å². The van der Waals surface area contributed by atoms with Crippen LogP contribution in [0.25, 0.3) is 0 Å². The predicted molar refractivity (Wildman–Crippen MR) is 48.7 cm³/mol. The van der Waals surface area contributed by atoms with E-state index in [1.165, 1.54) is 0 Å². The first kappa shape index (κ1) is 11.4. The summed E-state index contributed by atoms with van der Waals surface area (Å²) in [6.07, 6.45) is 1.81. The first-order valence-corrected chi connectivity index (χ1v) is 4.87. The Morgan fingerprint density at radius 2 is 2.07 bits per heavy atom. The van der Waals surface area contributed by atoms with Gasteiger partial charge in [0.25, 0.3) is 0 Å². The van der Waals surface area contributed by atoms with E-state index in [4.69, 9.17) is 5.26 Å². The average Bonchev–Trinajstić information content (AvgIpc) is 2.14. The van der Waals surface area contributed by atoms with Crippen LogP contribution in [0.2, 0.25) is 6.32 Å². The molecule has 1 aliphatic rings. The van der Waals surface area contributed by atoms with E-state index in [1.807, 2.05) is 0 Å². The largest absolute Gasteiger partial charge is 0.479 e. The predicted octanol–water partition coefficient (Wildman–Crippen LogP) is 2.21. The molecular formula is C8H13BF3N2-. The minimum Gasteiger partial charge on any atom is -0.449 e. The molecule has 2 nitrogen and oxygen atoms in total. The van der Waals surface area contributed by atoms with E-state index in [1.54, 1.807) is 4.90 Å². The van der Waals surface area contributed by atoms with Crippen molar-refractivity contribution in [3.05, 3.63) is 0 Å². The number of piperidine rings is 1. The first-order chi connectivity index (χ1) is 6.53. The molecule has 1 atom stereocenters. The molecule has 6 heteroatoms. The minimum atomic E-state index is -4.71. The molecule has 1 rings (SSSR count). The van der Waals surface area contributed by atoms with Crippen molar-refractivity contribution >= 4 is 6.98 Å². The van der Waals surface area contributed by atoms with E-state index in [9.17, 15) is 12.9 Å². The number of hydrogen-bond donors (Lipinski definition) is 0. The van der Waals surface area contributed by atoms with Gasteiger partial charge in [-0.15, -0.1) is 0 Å². The third-order valence-electron chi connectivity index (χ3n) is 2.51. The maximum Gasteiger partial charge on any atom is 0.479 e. The summed E-state index contributed by atoms with van der Waals surface area (Å²) in [6.45, 7) is -4.09. The van der Waals surface area contributed by atoms with Crippen LogP contribution in [-0.2, 0) is 0 Å². The van der Waals surface area contributed by atoms with Gasteiger partial charge in [-0.05, 0) is 32.4 Å². The fraction of sp³-hybridized carbons (Fsp3) is 0.875. The number of rotatable bonds is 3. The highest BCUT2D eigenvalue weighted by Crippen LogP contribution is 2.20. The van der Waals surface area contributed by atoms with Crippen molar-refractivity contribution in [2.75, 3.05) is 13.1 Å². The molecular weight excluding hydrogens is 192 g/mol. The number of nitriles is 1. The molecule has 1 fully saturated rings. The quantitative estimate of drug-likeness (QED) is 0.660. The van der Waals surface area contributed by atoms with Crippen molar-refractivity contribution in [3.8, 4) is 6.07 Å². The molecule has 0 aromatic rings. The summed E-state index contributed by atoms with van der Waals surface area (Å²) >= 11 is 0. The first-order valence-electron chi connectivity index (χ1n) is 4.87. The van der Waals surface area contributed by atoms with Crippen LogP contribution in [0.1, 0.15) is 19.3 Å². The fourth-order valence-electron chi connectivity index (χ4n) is 1.72. The number of hydrogen-bond acceptors (Lipinski definition) is 2. The smallest absolute Gasteiger partial charge is 0.449 e. The van der Waals surface area contributed by atoms with Crippen molar-refractivity contribution in [3.63, 3.8) is 0 Å². The van der Waals surface area contributed by atoms with Gasteiger partial charge >= 0.3 is 6.98 Å². The van der Waals surface area contributed by atoms with Crippen molar-refractivity contribution < 1.29 is 12.9 Å². The second kappa shape index (κ2) is 4.69. The van der Waals surface area contributed by atoms with Gasteiger partial charge in [0.2, 0.25) is 0 Å². The summed E-state index contributed by atoms with van der Waals surface area (Å²) in [5.74, 6) is 0. The van der Waals surface area contributed by atoms with Crippen LogP contribution in [0.15, 0.2) is 0 Å². The summed E-state index contributed by atoms with van der Waals surface area (Å²) in [7, 11) is 0. The molecule has 14 heavy (non-hydrogen) atoms. The van der Waals surface area contributed by atoms with Gasteiger partial charge in [0.1, 0.15) is 0 Å². The van der Waals surface area contributed by atoms with Gasteiger partial charge in [0.05, 0.1) is 12.1 Å². The number of halogens is 3. The van der Waals surface area contributed by atoms with Crippen LogP contribution in [-0.4, -0.2) is 31.0 Å². The molecule has 1 heterocycles. The Bertz CT molecular complexity index is 224. The number of likely N-dealkylation sites (tertiary alicyclic amines) is 1. The van der Waals surface area contributed by atoms with Gasteiger partial charge in [-0.2, -0.15) is 5.26 Å². The van der Waals surface area contributed by atoms with E-state index in [-0.39, 0.29) is 12.6 Å². The molecule has 0 aromatic heterocycles. The van der Waals surface area contributed by atoms with E-state index < -0.39 is 13.3 Å². The normalized spacial score (nSPS) is 24.6. The van der Waals surface area contributed by atoms with Gasteiger partial charge in [-0.3, -0.25) is 4.90 Å². The van der Waals surface area contributed by atoms with Gasteiger partial charge in [-0.25, -0.2) is 0 Å². The molecule has 1 unspecified atom stereocenters. The minimum absolute atomic E-state index is 0.0122. The van der Waals surface area contributed by atoms with Crippen molar-refractivity contribution in [1.82, 2.24) is 4.90 Å². The Balaban J connectivity index is 2.38. The highest BCUT2D eigenvalue weighted by atomic mass is 19.4. The molecule has 0 saturated carbocycles. The zero-order valence-electron chi connectivity index (χ0n) is 7.93. The highest BCUT2D eigenvalue weighted by Gasteiger charge is 2.27. The molecule has 0 N–H and O–H groups in total. The molecule has 0 bridgehead atoms. The summed E-state index contributed by atoms with van der Waals surface area (Å²) in [5.41, 5.74) is 0. The van der Waals surface area contributed by atoms with Gasteiger partial charge in [0.15, 0.2) is 0 Å². The lowest BCUT2D eigenvalue weighted by Gasteiger charge is -2.32. The van der Waals surface area contributed by atoms with Crippen LogP contribution in [0, 0.1) is 11.3 Å². The second-order valence-electron chi connectivity index (χ2n) is 3.68. The van der Waals surface area contributed by atoms with Gasteiger partial charge < -0.3 is 12.9 Å². The van der Waals surface area contributed by atoms with Crippen LogP contribution in [0.5, 0.6) is 0 Å². The van der Waals surface area contributed by atoms with Crippen LogP contribution in [0.4, 0.5) is 12.9 Å². The summed E-state index contributed by atoms with van der Waals surface area (Å²) in [6, 6.07) is 1.75. The van der Waals surface area contributed by atoms with Crippen molar-refractivity contribution in [2.24, 2.45) is 0 Å². The van der Waals surface area contributed by atoms with Crippen LogP contribution >= 0.6 is 0 Å². The lowest BCUT2D eigenvalue weighted by atomic mass is 9.85. The zero-order valence-corrected chi connectivity index (χ0v) is 7.93. The average molecular weight is 205 g/mol. The Morgan fingerprint density at radius 3 is 2.64 bits per heavy atom. The summed E-state index contributed by atoms with van der Waals surface area (Å²) in [4.78, 5) is 1.65. The third-order valence-corrected chi connectivity index (χ3v) is 2.51. The lowest BCUT2D eigenvalue weighted by Crippen LogP contribution is -2.40. The zero-order chi connectivity index (χ0) is 10.6. The van der Waals surface area contributed by atoms with E-state index in [0.717, 1.165) is 12.8 Å². The fourth-order valence-corrected chi connectivity index (χ4v) is 1.72. The maximum atomic E-state index is 12.0. The SMILES string of the molecule is N#CC1CCCCN1CC[B-](F)(F)F. The van der Waals surface area contributed by atoms with Crippen molar-refractivity contribution in [1.29, 1.82) is 5.26 Å². The lowest BCUT2D eigenvalue weighted by molar-refractivity contribution is 0.189. The summed E-state index contributed by atoms with van der Waals surface area (Å²) < 4.78 is 36.0. The Hall–Kier alpha value is -0.695. The topological polar surface area (TPSA) is 27.0 Å². The molecule has 0 radical (unpaired) electrons. The maximum absolute atomic E-state index is 12.0. The van der Waals surface area contributed by atoms with Gasteiger partial charge in [0, 0.05) is 0 Å². The van der Waals surface area contributed by atoms with Crippen molar-refractivity contribution in [2.45, 2.75) is 31.6 Å². The third kappa shape index (κ3) is 3.58. The molecule has 0 aliphatic carbocycles. The Labute approximate surface area is 81.7 Å². The molecule has 1 saturated heterocycles. The molecule has 0 amide bonds. The van der Waals surface area contributed by atoms with E-state index in [2.05, 4.69) is 6.07 Å².